The van der Waals surface area contributed by atoms with E-state index < -0.39 is 0 Å². The first kappa shape index (κ1) is 10.3. The van der Waals surface area contributed by atoms with E-state index in [0.29, 0.717) is 13.2 Å². The molecule has 0 aromatic heterocycles. The van der Waals surface area contributed by atoms with Gasteiger partial charge < -0.3 is 15.0 Å². The van der Waals surface area contributed by atoms with Crippen LogP contribution in [-0.2, 0) is 4.74 Å². The van der Waals surface area contributed by atoms with Crippen molar-refractivity contribution in [3.05, 3.63) is 0 Å². The molecule has 0 aromatic carbocycles. The van der Waals surface area contributed by atoms with Gasteiger partial charge in [0.1, 0.15) is 0 Å². The molecule has 1 aliphatic heterocycles. The minimum Gasteiger partial charge on any atom is -0.450 e. The number of amides is 1. The molecule has 0 aliphatic carbocycles. The van der Waals surface area contributed by atoms with Crippen molar-refractivity contribution in [1.29, 1.82) is 0 Å². The number of carbonyl (C=O) groups excluding carboxylic acids is 1. The van der Waals surface area contributed by atoms with Crippen molar-refractivity contribution < 1.29 is 9.53 Å². The Morgan fingerprint density at radius 1 is 1.62 bits per heavy atom. The van der Waals surface area contributed by atoms with E-state index in [1.54, 1.807) is 4.90 Å². The van der Waals surface area contributed by atoms with Crippen LogP contribution in [0.5, 0.6) is 0 Å². The highest BCUT2D eigenvalue weighted by Crippen LogP contribution is 2.10. The minimum absolute atomic E-state index is 0.00497. The van der Waals surface area contributed by atoms with Crippen LogP contribution in [0, 0.1) is 0 Å². The van der Waals surface area contributed by atoms with Crippen LogP contribution in [0.1, 0.15) is 20.8 Å². The average molecular weight is 186 g/mol. The van der Waals surface area contributed by atoms with Gasteiger partial charge in [-0.1, -0.05) is 0 Å². The zero-order chi connectivity index (χ0) is 9.90. The fraction of sp³-hybridized carbons (Fsp3) is 0.889. The van der Waals surface area contributed by atoms with E-state index in [9.17, 15) is 4.79 Å². The monoisotopic (exact) mass is 186 g/mol. The highest BCUT2D eigenvalue weighted by molar-refractivity contribution is 5.67. The molecule has 1 heterocycles. The van der Waals surface area contributed by atoms with Crippen LogP contribution in [0.15, 0.2) is 0 Å². The molecule has 0 spiro atoms. The Morgan fingerprint density at radius 3 is 2.85 bits per heavy atom. The second kappa shape index (κ2) is 3.96. The van der Waals surface area contributed by atoms with E-state index in [-0.39, 0.29) is 11.6 Å². The Kier molecular flexibility index (Phi) is 3.14. The molecular formula is C9H18N2O2. The van der Waals surface area contributed by atoms with Gasteiger partial charge in [0, 0.05) is 25.2 Å². The van der Waals surface area contributed by atoms with Gasteiger partial charge in [-0.05, 0) is 20.8 Å². The van der Waals surface area contributed by atoms with Gasteiger partial charge >= 0.3 is 6.09 Å². The third-order valence-corrected chi connectivity index (χ3v) is 2.10. The van der Waals surface area contributed by atoms with E-state index in [0.717, 1.165) is 13.1 Å². The average Bonchev–Trinajstić information content (AvgIpc) is 2.03. The lowest BCUT2D eigenvalue weighted by atomic mass is 10.0. The number of nitrogens with one attached hydrogen (secondary N) is 1. The van der Waals surface area contributed by atoms with Crippen molar-refractivity contribution in [1.82, 2.24) is 10.2 Å². The van der Waals surface area contributed by atoms with Crippen LogP contribution in [-0.4, -0.2) is 42.8 Å². The molecule has 1 N–H and O–H groups in total. The second-order valence-corrected chi connectivity index (χ2v) is 3.93. The standard InChI is InChI=1S/C9H18N2O2/c1-4-13-8(12)11-6-5-10-9(2,3)7-11/h10H,4-7H2,1-3H3. The van der Waals surface area contributed by atoms with Crippen molar-refractivity contribution in [2.45, 2.75) is 26.3 Å². The van der Waals surface area contributed by atoms with Crippen molar-refractivity contribution >= 4 is 6.09 Å². The summed E-state index contributed by atoms with van der Waals surface area (Å²) in [6.07, 6.45) is -0.197. The Morgan fingerprint density at radius 2 is 2.31 bits per heavy atom. The largest absolute Gasteiger partial charge is 0.450 e. The summed E-state index contributed by atoms with van der Waals surface area (Å²) in [7, 11) is 0. The van der Waals surface area contributed by atoms with E-state index in [1.807, 2.05) is 6.92 Å². The first-order valence-electron chi connectivity index (χ1n) is 4.72. The van der Waals surface area contributed by atoms with Gasteiger partial charge in [0.2, 0.25) is 0 Å². The van der Waals surface area contributed by atoms with E-state index in [4.69, 9.17) is 4.74 Å². The third-order valence-electron chi connectivity index (χ3n) is 2.10. The van der Waals surface area contributed by atoms with Crippen LogP contribution in [0.25, 0.3) is 0 Å². The van der Waals surface area contributed by atoms with Crippen molar-refractivity contribution in [3.63, 3.8) is 0 Å². The molecule has 0 unspecified atom stereocenters. The lowest BCUT2D eigenvalue weighted by molar-refractivity contribution is 0.0837. The van der Waals surface area contributed by atoms with Crippen molar-refractivity contribution in [2.75, 3.05) is 26.2 Å². The minimum atomic E-state index is -0.197. The molecule has 1 fully saturated rings. The van der Waals surface area contributed by atoms with Crippen LogP contribution in [0.3, 0.4) is 0 Å². The molecule has 1 rings (SSSR count). The molecule has 1 saturated heterocycles. The highest BCUT2D eigenvalue weighted by atomic mass is 16.6. The van der Waals surface area contributed by atoms with Crippen LogP contribution >= 0.6 is 0 Å². The number of hydrogen-bond acceptors (Lipinski definition) is 3. The maximum atomic E-state index is 11.4. The molecule has 0 saturated carbocycles. The van der Waals surface area contributed by atoms with Gasteiger partial charge in [-0.3, -0.25) is 0 Å². The quantitative estimate of drug-likeness (QED) is 0.659. The molecular weight excluding hydrogens is 168 g/mol. The van der Waals surface area contributed by atoms with Crippen LogP contribution < -0.4 is 5.32 Å². The molecule has 4 nitrogen and oxygen atoms in total. The van der Waals surface area contributed by atoms with Crippen LogP contribution in [0.2, 0.25) is 0 Å². The summed E-state index contributed by atoms with van der Waals surface area (Å²) in [4.78, 5) is 13.1. The van der Waals surface area contributed by atoms with Gasteiger partial charge in [-0.2, -0.15) is 0 Å². The number of ether oxygens (including phenoxy) is 1. The fourth-order valence-electron chi connectivity index (χ4n) is 1.51. The zero-order valence-corrected chi connectivity index (χ0v) is 8.59. The maximum absolute atomic E-state index is 11.4. The zero-order valence-electron chi connectivity index (χ0n) is 8.59. The molecule has 0 aromatic rings. The predicted octanol–water partition coefficient (Wildman–Crippen LogP) is 0.827. The van der Waals surface area contributed by atoms with E-state index in [2.05, 4.69) is 19.2 Å². The SMILES string of the molecule is CCOC(=O)N1CCNC(C)(C)C1. The molecule has 0 bridgehead atoms. The van der Waals surface area contributed by atoms with Gasteiger partial charge in [-0.15, -0.1) is 0 Å². The van der Waals surface area contributed by atoms with E-state index in [1.165, 1.54) is 0 Å². The van der Waals surface area contributed by atoms with Gasteiger partial charge in [0.05, 0.1) is 6.61 Å². The fourth-order valence-corrected chi connectivity index (χ4v) is 1.51. The summed E-state index contributed by atoms with van der Waals surface area (Å²) in [5.41, 5.74) is 0.00497. The number of carbonyl (C=O) groups is 1. The summed E-state index contributed by atoms with van der Waals surface area (Å²) in [6, 6.07) is 0. The summed E-state index contributed by atoms with van der Waals surface area (Å²) < 4.78 is 4.93. The molecule has 0 radical (unpaired) electrons. The number of nitrogens with zero attached hydrogens (tertiary/aromatic N) is 1. The first-order chi connectivity index (χ1) is 6.05. The predicted molar refractivity (Wildman–Crippen MR) is 50.7 cm³/mol. The summed E-state index contributed by atoms with van der Waals surface area (Å²) in [5, 5.41) is 3.34. The van der Waals surface area contributed by atoms with Gasteiger partial charge in [0.15, 0.2) is 0 Å². The molecule has 4 heteroatoms. The van der Waals surface area contributed by atoms with Gasteiger partial charge in [-0.25, -0.2) is 4.79 Å². The van der Waals surface area contributed by atoms with Crippen LogP contribution in [0.4, 0.5) is 4.79 Å². The summed E-state index contributed by atoms with van der Waals surface area (Å²) in [5.74, 6) is 0. The second-order valence-electron chi connectivity index (χ2n) is 3.93. The Balaban J connectivity index is 2.47. The lowest BCUT2D eigenvalue weighted by Gasteiger charge is -2.38. The number of rotatable bonds is 1. The smallest absolute Gasteiger partial charge is 0.409 e. The lowest BCUT2D eigenvalue weighted by Crippen LogP contribution is -2.58. The summed E-state index contributed by atoms with van der Waals surface area (Å²) in [6.45, 7) is 8.73. The molecule has 76 valence electrons. The molecule has 0 atom stereocenters. The topological polar surface area (TPSA) is 41.6 Å². The molecule has 1 aliphatic rings. The summed E-state index contributed by atoms with van der Waals surface area (Å²) >= 11 is 0. The normalized spacial score (nSPS) is 21.3. The van der Waals surface area contributed by atoms with Gasteiger partial charge in [0.25, 0.3) is 0 Å². The maximum Gasteiger partial charge on any atom is 0.409 e. The Bertz CT molecular complexity index is 192. The highest BCUT2D eigenvalue weighted by Gasteiger charge is 2.28. The third kappa shape index (κ3) is 2.88. The number of hydrogen-bond donors (Lipinski definition) is 1. The van der Waals surface area contributed by atoms with E-state index >= 15 is 0 Å². The Labute approximate surface area is 79.2 Å². The molecule has 13 heavy (non-hydrogen) atoms. The van der Waals surface area contributed by atoms with Crippen molar-refractivity contribution in [2.24, 2.45) is 0 Å². The Hall–Kier alpha value is -0.770. The molecule has 1 amide bonds. The van der Waals surface area contributed by atoms with Crippen molar-refractivity contribution in [3.8, 4) is 0 Å². The number of piperazine rings is 1. The first-order valence-corrected chi connectivity index (χ1v) is 4.72.